The van der Waals surface area contributed by atoms with Crippen LogP contribution >= 0.6 is 0 Å². The predicted octanol–water partition coefficient (Wildman–Crippen LogP) is 2.11. The highest BCUT2D eigenvalue weighted by molar-refractivity contribution is 5.96. The maximum absolute atomic E-state index is 11.6. The van der Waals surface area contributed by atoms with Crippen molar-refractivity contribution in [2.45, 2.75) is 19.4 Å². The molecule has 0 aliphatic rings. The summed E-state index contributed by atoms with van der Waals surface area (Å²) in [6.45, 7) is 1.88. The van der Waals surface area contributed by atoms with Gasteiger partial charge in [-0.25, -0.2) is 0 Å². The van der Waals surface area contributed by atoms with Crippen LogP contribution in [0.25, 0.3) is 11.0 Å². The van der Waals surface area contributed by atoms with E-state index in [9.17, 15) is 4.79 Å². The van der Waals surface area contributed by atoms with Crippen molar-refractivity contribution < 1.29 is 9.21 Å². The maximum Gasteiger partial charge on any atom is 0.241 e. The summed E-state index contributed by atoms with van der Waals surface area (Å²) in [4.78, 5) is 11.6. The molecule has 0 spiro atoms. The summed E-state index contributed by atoms with van der Waals surface area (Å²) in [6.07, 6.45) is 2.24. The molecule has 0 saturated carbocycles. The second-order valence-electron chi connectivity index (χ2n) is 3.68. The monoisotopic (exact) mass is 218 g/mol. The van der Waals surface area contributed by atoms with Crippen molar-refractivity contribution in [1.29, 1.82) is 0 Å². The van der Waals surface area contributed by atoms with Gasteiger partial charge in [-0.3, -0.25) is 4.79 Å². The lowest BCUT2D eigenvalue weighted by Crippen LogP contribution is -2.34. The molecule has 0 radical (unpaired) electrons. The van der Waals surface area contributed by atoms with Gasteiger partial charge in [-0.2, -0.15) is 0 Å². The smallest absolute Gasteiger partial charge is 0.241 e. The zero-order valence-electron chi connectivity index (χ0n) is 9.07. The number of furan rings is 1. The Morgan fingerprint density at radius 3 is 3.06 bits per heavy atom. The van der Waals surface area contributed by atoms with E-state index in [0.29, 0.717) is 6.42 Å². The Kier molecular flexibility index (Phi) is 2.92. The third-order valence-corrected chi connectivity index (χ3v) is 2.50. The molecule has 3 N–H and O–H groups in total. The van der Waals surface area contributed by atoms with Crippen molar-refractivity contribution in [3.8, 4) is 0 Å². The number of amides is 1. The van der Waals surface area contributed by atoms with Gasteiger partial charge in [-0.1, -0.05) is 6.92 Å². The summed E-state index contributed by atoms with van der Waals surface area (Å²) in [5, 5.41) is 3.73. The molecule has 2 aromatic rings. The first-order chi connectivity index (χ1) is 7.70. The van der Waals surface area contributed by atoms with Crippen molar-refractivity contribution >= 4 is 22.6 Å². The van der Waals surface area contributed by atoms with Gasteiger partial charge in [0.05, 0.1) is 12.3 Å². The summed E-state index contributed by atoms with van der Waals surface area (Å²) in [6, 6.07) is 6.87. The third kappa shape index (κ3) is 2.06. The van der Waals surface area contributed by atoms with Crippen molar-refractivity contribution in [2.75, 3.05) is 5.32 Å². The van der Waals surface area contributed by atoms with Crippen LogP contribution in [0.15, 0.2) is 34.9 Å². The second-order valence-corrected chi connectivity index (χ2v) is 3.68. The van der Waals surface area contributed by atoms with E-state index in [-0.39, 0.29) is 5.91 Å². The Morgan fingerprint density at radius 2 is 2.31 bits per heavy atom. The van der Waals surface area contributed by atoms with Gasteiger partial charge >= 0.3 is 0 Å². The van der Waals surface area contributed by atoms with E-state index in [4.69, 9.17) is 10.2 Å². The largest absolute Gasteiger partial charge is 0.464 e. The van der Waals surface area contributed by atoms with E-state index in [1.165, 1.54) is 0 Å². The first-order valence-electron chi connectivity index (χ1n) is 5.24. The summed E-state index contributed by atoms with van der Waals surface area (Å²) >= 11 is 0. The lowest BCUT2D eigenvalue weighted by Gasteiger charge is -2.09. The van der Waals surface area contributed by atoms with Crippen LogP contribution < -0.4 is 11.1 Å². The minimum absolute atomic E-state index is 0.162. The molecule has 4 nitrogen and oxygen atoms in total. The summed E-state index contributed by atoms with van der Waals surface area (Å²) in [5.74, 6) is -0.162. The van der Waals surface area contributed by atoms with Gasteiger partial charge in [0.2, 0.25) is 5.91 Å². The Morgan fingerprint density at radius 1 is 1.50 bits per heavy atom. The van der Waals surface area contributed by atoms with E-state index in [1.807, 2.05) is 25.1 Å². The normalized spacial score (nSPS) is 12.6. The number of carbonyl (C=O) groups excluding carboxylic acids is 1. The fourth-order valence-electron chi connectivity index (χ4n) is 1.46. The summed E-state index contributed by atoms with van der Waals surface area (Å²) < 4.78 is 5.21. The van der Waals surface area contributed by atoms with Crippen LogP contribution in [0, 0.1) is 0 Å². The van der Waals surface area contributed by atoms with Gasteiger partial charge in [0, 0.05) is 11.1 Å². The minimum atomic E-state index is -0.458. The molecule has 1 unspecified atom stereocenters. The highest BCUT2D eigenvalue weighted by Gasteiger charge is 2.11. The molecule has 0 saturated heterocycles. The SMILES string of the molecule is CCC(N)C(=O)Nc1ccc2occc2c1. The summed E-state index contributed by atoms with van der Waals surface area (Å²) in [5.41, 5.74) is 7.17. The van der Waals surface area contributed by atoms with E-state index in [1.54, 1.807) is 12.3 Å². The molecule has 1 aromatic carbocycles. The molecular weight excluding hydrogens is 204 g/mol. The lowest BCUT2D eigenvalue weighted by atomic mass is 10.2. The first-order valence-corrected chi connectivity index (χ1v) is 5.24. The molecule has 1 aromatic heterocycles. The van der Waals surface area contributed by atoms with Crippen LogP contribution in [0.1, 0.15) is 13.3 Å². The van der Waals surface area contributed by atoms with E-state index >= 15 is 0 Å². The Bertz CT molecular complexity index is 504. The molecule has 0 aliphatic heterocycles. The van der Waals surface area contributed by atoms with Crippen LogP contribution in [0.5, 0.6) is 0 Å². The number of nitrogens with one attached hydrogen (secondary N) is 1. The van der Waals surface area contributed by atoms with Crippen LogP contribution in [0.2, 0.25) is 0 Å². The first kappa shape index (κ1) is 10.7. The van der Waals surface area contributed by atoms with Gasteiger partial charge in [-0.15, -0.1) is 0 Å². The predicted molar refractivity (Wildman–Crippen MR) is 63.1 cm³/mol. The van der Waals surface area contributed by atoms with Gasteiger partial charge in [0.15, 0.2) is 0 Å². The van der Waals surface area contributed by atoms with Crippen LogP contribution in [-0.2, 0) is 4.79 Å². The third-order valence-electron chi connectivity index (χ3n) is 2.50. The molecule has 0 bridgehead atoms. The van der Waals surface area contributed by atoms with Gasteiger partial charge < -0.3 is 15.5 Å². The minimum Gasteiger partial charge on any atom is -0.464 e. The number of benzene rings is 1. The van der Waals surface area contributed by atoms with E-state index < -0.39 is 6.04 Å². The number of carbonyl (C=O) groups is 1. The maximum atomic E-state index is 11.6. The number of hydrogen-bond donors (Lipinski definition) is 2. The van der Waals surface area contributed by atoms with Gasteiger partial charge in [0.25, 0.3) is 0 Å². The molecule has 1 atom stereocenters. The van der Waals surface area contributed by atoms with Crippen molar-refractivity contribution in [2.24, 2.45) is 5.73 Å². The highest BCUT2D eigenvalue weighted by atomic mass is 16.3. The van der Waals surface area contributed by atoms with E-state index in [2.05, 4.69) is 5.32 Å². The quantitative estimate of drug-likeness (QED) is 0.829. The molecule has 4 heteroatoms. The fraction of sp³-hybridized carbons (Fsp3) is 0.250. The molecule has 1 heterocycles. The molecule has 84 valence electrons. The molecule has 1 amide bonds. The Balaban J connectivity index is 2.17. The van der Waals surface area contributed by atoms with Crippen molar-refractivity contribution in [3.63, 3.8) is 0 Å². The molecule has 0 aliphatic carbocycles. The second kappa shape index (κ2) is 4.37. The van der Waals surface area contributed by atoms with Crippen molar-refractivity contribution in [3.05, 3.63) is 30.5 Å². The molecule has 2 rings (SSSR count). The number of hydrogen-bond acceptors (Lipinski definition) is 3. The average Bonchev–Trinajstić information content (AvgIpc) is 2.75. The highest BCUT2D eigenvalue weighted by Crippen LogP contribution is 2.19. The Labute approximate surface area is 93.4 Å². The standard InChI is InChI=1S/C12H14N2O2/c1-2-10(13)12(15)14-9-3-4-11-8(7-9)5-6-16-11/h3-7,10H,2,13H2,1H3,(H,14,15). The van der Waals surface area contributed by atoms with E-state index in [0.717, 1.165) is 16.7 Å². The molecule has 16 heavy (non-hydrogen) atoms. The zero-order chi connectivity index (χ0) is 11.5. The number of rotatable bonds is 3. The topological polar surface area (TPSA) is 68.3 Å². The lowest BCUT2D eigenvalue weighted by molar-refractivity contribution is -0.117. The van der Waals surface area contributed by atoms with Crippen LogP contribution in [0.4, 0.5) is 5.69 Å². The van der Waals surface area contributed by atoms with Crippen molar-refractivity contribution in [1.82, 2.24) is 0 Å². The van der Waals surface area contributed by atoms with Crippen LogP contribution in [0.3, 0.4) is 0 Å². The van der Waals surface area contributed by atoms with Gasteiger partial charge in [-0.05, 0) is 30.7 Å². The molecular formula is C12H14N2O2. The van der Waals surface area contributed by atoms with Gasteiger partial charge in [0.1, 0.15) is 5.58 Å². The summed E-state index contributed by atoms with van der Waals surface area (Å²) in [7, 11) is 0. The number of anilines is 1. The fourth-order valence-corrected chi connectivity index (χ4v) is 1.46. The van der Waals surface area contributed by atoms with Crippen LogP contribution in [-0.4, -0.2) is 11.9 Å². The number of nitrogens with two attached hydrogens (primary N) is 1. The number of fused-ring (bicyclic) bond motifs is 1. The average molecular weight is 218 g/mol. The Hall–Kier alpha value is -1.81. The molecule has 0 fully saturated rings. The zero-order valence-corrected chi connectivity index (χ0v) is 9.07.